The molecule has 1 aliphatic rings. The fourth-order valence-corrected chi connectivity index (χ4v) is 1.93. The van der Waals surface area contributed by atoms with Crippen LogP contribution in [0.2, 0.25) is 0 Å². The molecule has 4 heteroatoms. The number of fused-ring (bicyclic) bond motifs is 1. The third kappa shape index (κ3) is 2.12. The van der Waals surface area contributed by atoms with Gasteiger partial charge in [0.1, 0.15) is 11.5 Å². The van der Waals surface area contributed by atoms with Gasteiger partial charge in [0.25, 0.3) is 0 Å². The average Bonchev–Trinajstić information content (AvgIpc) is 2.76. The summed E-state index contributed by atoms with van der Waals surface area (Å²) in [6, 6.07) is 13.4. The number of rotatable bonds is 2. The third-order valence-electron chi connectivity index (χ3n) is 2.79. The van der Waals surface area contributed by atoms with Gasteiger partial charge in [-0.2, -0.15) is 0 Å². The first-order chi connectivity index (χ1) is 8.31. The molecule has 3 rings (SSSR count). The predicted octanol–water partition coefficient (Wildman–Crippen LogP) is 1.57. The lowest BCUT2D eigenvalue weighted by Gasteiger charge is -2.07. The Morgan fingerprint density at radius 1 is 1.12 bits per heavy atom. The van der Waals surface area contributed by atoms with Gasteiger partial charge in [-0.1, -0.05) is 12.1 Å². The Hall–Kier alpha value is -1.94. The van der Waals surface area contributed by atoms with Gasteiger partial charge in [0.15, 0.2) is 0 Å². The van der Waals surface area contributed by atoms with E-state index in [1.807, 2.05) is 42.5 Å². The minimum Gasteiger partial charge on any atom is -0.457 e. The zero-order valence-electron chi connectivity index (χ0n) is 9.35. The molecule has 1 aliphatic heterocycles. The van der Waals surface area contributed by atoms with Crippen LogP contribution in [-0.4, -0.2) is 7.48 Å². The molecule has 0 aliphatic carbocycles. The highest BCUT2D eigenvalue weighted by atomic mass is 16.5. The van der Waals surface area contributed by atoms with Crippen molar-refractivity contribution < 1.29 is 9.39 Å². The zero-order valence-corrected chi connectivity index (χ0v) is 9.35. The summed E-state index contributed by atoms with van der Waals surface area (Å²) in [7, 11) is 0.702. The van der Waals surface area contributed by atoms with Crippen molar-refractivity contribution >= 4 is 18.6 Å². The van der Waals surface area contributed by atoms with Gasteiger partial charge in [-0.3, -0.25) is 0 Å². The van der Waals surface area contributed by atoms with Gasteiger partial charge in [-0.05, 0) is 35.3 Å². The Bertz CT molecular complexity index is 557. The van der Waals surface area contributed by atoms with Crippen LogP contribution < -0.4 is 15.9 Å². The number of hydrogen-bond donors (Lipinski definition) is 1. The molecule has 1 heterocycles. The molecule has 0 saturated carbocycles. The molecule has 0 bridgehead atoms. The number of nitrogens with two attached hydrogens (primary N) is 1. The molecule has 2 aromatic rings. The molecule has 17 heavy (non-hydrogen) atoms. The van der Waals surface area contributed by atoms with Crippen molar-refractivity contribution in [1.82, 2.24) is 0 Å². The molecule has 2 aromatic carbocycles. The van der Waals surface area contributed by atoms with Crippen molar-refractivity contribution in [2.45, 2.75) is 6.61 Å². The normalized spacial score (nSPS) is 12.9. The van der Waals surface area contributed by atoms with Crippen LogP contribution in [-0.2, 0) is 11.3 Å². The maximum atomic E-state index is 5.75. The van der Waals surface area contributed by atoms with Crippen molar-refractivity contribution in [3.05, 3.63) is 48.0 Å². The van der Waals surface area contributed by atoms with Gasteiger partial charge in [-0.15, -0.1) is 0 Å². The van der Waals surface area contributed by atoms with E-state index in [9.17, 15) is 0 Å². The smallest absolute Gasteiger partial charge is 0.309 e. The Balaban J connectivity index is 1.86. The van der Waals surface area contributed by atoms with Crippen molar-refractivity contribution in [2.75, 3.05) is 5.73 Å². The monoisotopic (exact) mass is 225 g/mol. The van der Waals surface area contributed by atoms with Gasteiger partial charge in [0.2, 0.25) is 0 Å². The molecule has 2 N–H and O–H groups in total. The number of hydrogen-bond acceptors (Lipinski definition) is 3. The maximum absolute atomic E-state index is 5.75. The number of benzene rings is 2. The number of anilines is 1. The van der Waals surface area contributed by atoms with E-state index < -0.39 is 0 Å². The molecular weight excluding hydrogens is 213 g/mol. The summed E-state index contributed by atoms with van der Waals surface area (Å²) in [5, 5.41) is 0. The van der Waals surface area contributed by atoms with Crippen molar-refractivity contribution in [2.24, 2.45) is 0 Å². The SMILES string of the molecule is Nc1cccc(Oc2ccc3c(c2)COB3)c1. The Kier molecular flexibility index (Phi) is 2.50. The third-order valence-corrected chi connectivity index (χ3v) is 2.79. The Morgan fingerprint density at radius 2 is 2.00 bits per heavy atom. The molecule has 0 unspecified atom stereocenters. The topological polar surface area (TPSA) is 44.5 Å². The van der Waals surface area contributed by atoms with Gasteiger partial charge >= 0.3 is 7.48 Å². The highest BCUT2D eigenvalue weighted by molar-refractivity contribution is 6.48. The minimum absolute atomic E-state index is 0.670. The van der Waals surface area contributed by atoms with Crippen molar-refractivity contribution in [1.29, 1.82) is 0 Å². The summed E-state index contributed by atoms with van der Waals surface area (Å²) in [6.45, 7) is 0.670. The highest BCUT2D eigenvalue weighted by Crippen LogP contribution is 2.24. The van der Waals surface area contributed by atoms with E-state index in [1.165, 1.54) is 11.0 Å². The molecule has 0 fully saturated rings. The Labute approximate surface area is 100 Å². The first-order valence-corrected chi connectivity index (χ1v) is 5.54. The van der Waals surface area contributed by atoms with Gasteiger partial charge in [0.05, 0.1) is 6.61 Å². The van der Waals surface area contributed by atoms with E-state index in [4.69, 9.17) is 15.1 Å². The molecule has 0 radical (unpaired) electrons. The molecule has 0 saturated heterocycles. The van der Waals surface area contributed by atoms with E-state index in [1.54, 1.807) is 0 Å². The van der Waals surface area contributed by atoms with Gasteiger partial charge in [0, 0.05) is 11.8 Å². The van der Waals surface area contributed by atoms with Crippen LogP contribution in [0.25, 0.3) is 0 Å². The van der Waals surface area contributed by atoms with Crippen LogP contribution in [0.3, 0.4) is 0 Å². The lowest BCUT2D eigenvalue weighted by atomic mass is 9.87. The largest absolute Gasteiger partial charge is 0.457 e. The molecule has 84 valence electrons. The lowest BCUT2D eigenvalue weighted by molar-refractivity contribution is 0.344. The zero-order chi connectivity index (χ0) is 11.7. The fraction of sp³-hybridized carbons (Fsp3) is 0.0769. The first kappa shape index (κ1) is 10.2. The maximum Gasteiger partial charge on any atom is 0.309 e. The molecule has 0 atom stereocenters. The first-order valence-electron chi connectivity index (χ1n) is 5.54. The van der Waals surface area contributed by atoms with Crippen molar-refractivity contribution in [3.8, 4) is 11.5 Å². The van der Waals surface area contributed by atoms with Crippen LogP contribution in [0.15, 0.2) is 42.5 Å². The standard InChI is InChI=1S/C13H12BNO2/c15-10-2-1-3-11(7-10)17-12-4-5-13-9(6-12)8-16-14-13/h1-7,14H,8,15H2. The van der Waals surface area contributed by atoms with E-state index in [0.29, 0.717) is 19.8 Å². The highest BCUT2D eigenvalue weighted by Gasteiger charge is 2.13. The Morgan fingerprint density at radius 3 is 2.88 bits per heavy atom. The summed E-state index contributed by atoms with van der Waals surface area (Å²) < 4.78 is 11.1. The molecular formula is C13H12BNO2. The van der Waals surface area contributed by atoms with Gasteiger partial charge in [-0.25, -0.2) is 0 Å². The van der Waals surface area contributed by atoms with Gasteiger partial charge < -0.3 is 15.1 Å². The summed E-state index contributed by atoms with van der Waals surface area (Å²) >= 11 is 0. The predicted molar refractivity (Wildman–Crippen MR) is 68.9 cm³/mol. The van der Waals surface area contributed by atoms with E-state index in [2.05, 4.69) is 0 Å². The number of ether oxygens (including phenoxy) is 1. The van der Waals surface area contributed by atoms with E-state index in [-0.39, 0.29) is 0 Å². The molecule has 0 spiro atoms. The molecule has 0 aromatic heterocycles. The molecule has 3 nitrogen and oxygen atoms in total. The van der Waals surface area contributed by atoms with Crippen LogP contribution in [0, 0.1) is 0 Å². The second-order valence-electron chi connectivity index (χ2n) is 4.10. The van der Waals surface area contributed by atoms with Crippen LogP contribution in [0.5, 0.6) is 11.5 Å². The molecule has 0 amide bonds. The summed E-state index contributed by atoms with van der Waals surface area (Å²) in [5.41, 5.74) is 8.84. The summed E-state index contributed by atoms with van der Waals surface area (Å²) in [5.74, 6) is 1.57. The average molecular weight is 225 g/mol. The van der Waals surface area contributed by atoms with Crippen LogP contribution in [0.4, 0.5) is 5.69 Å². The second-order valence-corrected chi connectivity index (χ2v) is 4.10. The lowest BCUT2D eigenvalue weighted by Crippen LogP contribution is -2.10. The van der Waals surface area contributed by atoms with E-state index >= 15 is 0 Å². The fourth-order valence-electron chi connectivity index (χ4n) is 1.93. The van der Waals surface area contributed by atoms with Crippen LogP contribution >= 0.6 is 0 Å². The minimum atomic E-state index is 0.670. The summed E-state index contributed by atoms with van der Waals surface area (Å²) in [4.78, 5) is 0. The van der Waals surface area contributed by atoms with E-state index in [0.717, 1.165) is 11.5 Å². The quantitative estimate of drug-likeness (QED) is 0.623. The van der Waals surface area contributed by atoms with Crippen molar-refractivity contribution in [3.63, 3.8) is 0 Å². The van der Waals surface area contributed by atoms with Crippen LogP contribution in [0.1, 0.15) is 5.56 Å². The summed E-state index contributed by atoms with van der Waals surface area (Å²) in [6.07, 6.45) is 0. The second kappa shape index (κ2) is 4.15. The number of nitrogen functional groups attached to an aromatic ring is 1.